The lowest BCUT2D eigenvalue weighted by Crippen LogP contribution is -2.48. The Balaban J connectivity index is 1.76. The van der Waals surface area contributed by atoms with Gasteiger partial charge in [0, 0.05) is 17.7 Å². The van der Waals surface area contributed by atoms with Crippen LogP contribution >= 0.6 is 0 Å². The number of aryl methyl sites for hydroxylation is 1. The molecule has 0 bridgehead atoms. The highest BCUT2D eigenvalue weighted by molar-refractivity contribution is 7.92. The number of rotatable bonds is 6. The summed E-state index contributed by atoms with van der Waals surface area (Å²) in [6.45, 7) is 6.73. The van der Waals surface area contributed by atoms with Gasteiger partial charge in [0.15, 0.2) is 5.79 Å². The third-order valence-corrected chi connectivity index (χ3v) is 8.73. The van der Waals surface area contributed by atoms with Crippen LogP contribution < -0.4 is 9.04 Å². The molecule has 2 aromatic carbocycles. The molecule has 0 saturated carbocycles. The second-order valence-electron chi connectivity index (χ2n) is 10.1. The first kappa shape index (κ1) is 27.8. The smallest absolute Gasteiger partial charge is 0.351 e. The van der Waals surface area contributed by atoms with E-state index >= 15 is 0 Å². The molecule has 0 amide bonds. The van der Waals surface area contributed by atoms with Crippen LogP contribution in [0.15, 0.2) is 46.4 Å². The van der Waals surface area contributed by atoms with Crippen LogP contribution in [0, 0.1) is 17.0 Å². The van der Waals surface area contributed by atoms with Crippen molar-refractivity contribution in [3.63, 3.8) is 0 Å². The SMILES string of the molecule is CCOC(=O)[C@@H]1ON=C2[C@@H]3OC(C)(C)O[C@H]3CN(S(=O)(=O)c3ccc([N+](=O)[O-])cc3)c3cc(C)cc(OC)c3[C@H]21. The van der Waals surface area contributed by atoms with E-state index < -0.39 is 50.9 Å². The predicted octanol–water partition coefficient (Wildman–Crippen LogP) is 3.04. The highest BCUT2D eigenvalue weighted by atomic mass is 32.2. The summed E-state index contributed by atoms with van der Waals surface area (Å²) >= 11 is 0. The summed E-state index contributed by atoms with van der Waals surface area (Å²) in [5.74, 6) is -2.40. The summed E-state index contributed by atoms with van der Waals surface area (Å²) in [4.78, 5) is 29.1. The van der Waals surface area contributed by atoms with Gasteiger partial charge in [0.05, 0.1) is 41.7 Å². The van der Waals surface area contributed by atoms with E-state index in [4.69, 9.17) is 23.8 Å². The number of methoxy groups -OCH3 is 1. The van der Waals surface area contributed by atoms with Crippen LogP contribution in [0.5, 0.6) is 5.75 Å². The molecule has 1 saturated heterocycles. The standard InChI is InChI=1S/C26H29N3O10S/c1-6-36-25(30)24-21-20-17(11-14(2)12-18(20)35-5)28(40(33,34)16-9-7-15(8-10-16)29(31)32)13-19-23(22(21)27-39-24)38-26(3,4)37-19/h7-12,19,21,23-24H,6,13H2,1-5H3/t19-,21+,23+,24+/m0/s1. The largest absolute Gasteiger partial charge is 0.496 e. The molecule has 0 radical (unpaired) electrons. The maximum absolute atomic E-state index is 14.2. The van der Waals surface area contributed by atoms with Crippen LogP contribution in [-0.4, -0.2) is 69.4 Å². The van der Waals surface area contributed by atoms with E-state index in [-0.39, 0.29) is 29.4 Å². The van der Waals surface area contributed by atoms with Crippen LogP contribution in [0.25, 0.3) is 0 Å². The van der Waals surface area contributed by atoms with E-state index in [0.29, 0.717) is 22.6 Å². The first-order valence-corrected chi connectivity index (χ1v) is 14.0. The number of hydrogen-bond donors (Lipinski definition) is 0. The molecule has 40 heavy (non-hydrogen) atoms. The lowest BCUT2D eigenvalue weighted by molar-refractivity contribution is -0.384. The second-order valence-corrected chi connectivity index (χ2v) is 11.9. The van der Waals surface area contributed by atoms with Crippen molar-refractivity contribution in [2.75, 3.05) is 24.6 Å². The van der Waals surface area contributed by atoms with Gasteiger partial charge in [0.25, 0.3) is 15.7 Å². The van der Waals surface area contributed by atoms with E-state index in [2.05, 4.69) is 5.16 Å². The zero-order valence-electron chi connectivity index (χ0n) is 22.5. The van der Waals surface area contributed by atoms with Gasteiger partial charge in [-0.15, -0.1) is 0 Å². The maximum Gasteiger partial charge on any atom is 0.351 e. The predicted molar refractivity (Wildman–Crippen MR) is 141 cm³/mol. The van der Waals surface area contributed by atoms with Gasteiger partial charge in [-0.2, -0.15) is 0 Å². The number of nitro benzene ring substituents is 1. The summed E-state index contributed by atoms with van der Waals surface area (Å²) in [5.41, 5.74) is 1.36. The fraction of sp³-hybridized carbons (Fsp3) is 0.462. The van der Waals surface area contributed by atoms with Crippen LogP contribution in [0.2, 0.25) is 0 Å². The van der Waals surface area contributed by atoms with Gasteiger partial charge in [0.1, 0.15) is 23.7 Å². The van der Waals surface area contributed by atoms with Crippen LogP contribution in [0.1, 0.15) is 37.8 Å². The molecule has 5 rings (SSSR count). The van der Waals surface area contributed by atoms with Gasteiger partial charge in [-0.1, -0.05) is 5.16 Å². The van der Waals surface area contributed by atoms with Crippen molar-refractivity contribution >= 4 is 33.1 Å². The third kappa shape index (κ3) is 4.65. The molecule has 0 spiro atoms. The zero-order chi connectivity index (χ0) is 29.0. The van der Waals surface area contributed by atoms with Gasteiger partial charge in [0.2, 0.25) is 6.10 Å². The zero-order valence-corrected chi connectivity index (χ0v) is 23.3. The van der Waals surface area contributed by atoms with Gasteiger partial charge in [-0.3, -0.25) is 14.4 Å². The first-order valence-electron chi connectivity index (χ1n) is 12.6. The number of sulfonamides is 1. The van der Waals surface area contributed by atoms with Crippen LogP contribution in [-0.2, 0) is 33.9 Å². The quantitative estimate of drug-likeness (QED) is 0.285. The number of hydrogen-bond acceptors (Lipinski definition) is 11. The molecule has 214 valence electrons. The number of fused-ring (bicyclic) bond motifs is 5. The fourth-order valence-electron chi connectivity index (χ4n) is 5.33. The van der Waals surface area contributed by atoms with E-state index in [0.717, 1.165) is 12.1 Å². The minimum Gasteiger partial charge on any atom is -0.496 e. The average Bonchev–Trinajstić information content (AvgIpc) is 3.45. The number of nitro groups is 1. The molecule has 14 heteroatoms. The van der Waals surface area contributed by atoms with Gasteiger partial charge in [-0.05, 0) is 57.5 Å². The second kappa shape index (κ2) is 10.0. The molecule has 3 heterocycles. The summed E-state index contributed by atoms with van der Waals surface area (Å²) in [5, 5.41) is 15.4. The lowest BCUT2D eigenvalue weighted by Gasteiger charge is -2.35. The summed E-state index contributed by atoms with van der Waals surface area (Å²) in [6, 6.07) is 8.01. The Morgan fingerprint density at radius 1 is 1.23 bits per heavy atom. The first-order chi connectivity index (χ1) is 18.9. The minimum absolute atomic E-state index is 0.0952. The average molecular weight is 576 g/mol. The summed E-state index contributed by atoms with van der Waals surface area (Å²) < 4.78 is 53.0. The number of benzene rings is 2. The number of non-ortho nitro benzene ring substituents is 1. The topological polar surface area (TPSA) is 156 Å². The molecular formula is C26H29N3O10S. The van der Waals surface area contributed by atoms with Crippen LogP contribution in [0.3, 0.4) is 0 Å². The van der Waals surface area contributed by atoms with Crippen molar-refractivity contribution < 1.29 is 41.9 Å². The van der Waals surface area contributed by atoms with E-state index in [1.165, 1.54) is 23.5 Å². The van der Waals surface area contributed by atoms with Gasteiger partial charge >= 0.3 is 5.97 Å². The van der Waals surface area contributed by atoms with Crippen LogP contribution in [0.4, 0.5) is 11.4 Å². The lowest BCUT2D eigenvalue weighted by atomic mass is 9.82. The molecule has 4 atom stereocenters. The number of carbonyl (C=O) groups excluding carboxylic acids is 1. The Morgan fingerprint density at radius 3 is 2.55 bits per heavy atom. The van der Waals surface area contributed by atoms with E-state index in [1.807, 2.05) is 0 Å². The monoisotopic (exact) mass is 575 g/mol. The Labute approximate surface area is 230 Å². The highest BCUT2D eigenvalue weighted by Crippen LogP contribution is 2.48. The highest BCUT2D eigenvalue weighted by Gasteiger charge is 2.56. The van der Waals surface area contributed by atoms with Crippen molar-refractivity contribution in [3.05, 3.63) is 57.6 Å². The number of ether oxygens (including phenoxy) is 4. The molecule has 2 aromatic rings. The molecule has 1 fully saturated rings. The molecule has 13 nitrogen and oxygen atoms in total. The van der Waals surface area contributed by atoms with Crippen molar-refractivity contribution in [1.29, 1.82) is 0 Å². The summed E-state index contributed by atoms with van der Waals surface area (Å²) in [6.07, 6.45) is -2.94. The van der Waals surface area contributed by atoms with Gasteiger partial charge in [-0.25, -0.2) is 13.2 Å². The van der Waals surface area contributed by atoms with Crippen molar-refractivity contribution in [1.82, 2.24) is 0 Å². The van der Waals surface area contributed by atoms with Gasteiger partial charge < -0.3 is 23.8 Å². The Kier molecular flexibility index (Phi) is 6.96. The minimum atomic E-state index is -4.33. The molecule has 0 aromatic heterocycles. The number of nitrogens with zero attached hydrogens (tertiary/aromatic N) is 3. The number of anilines is 1. The van der Waals surface area contributed by atoms with Crippen molar-refractivity contribution in [3.8, 4) is 5.75 Å². The number of carbonyl (C=O) groups is 1. The van der Waals surface area contributed by atoms with Crippen molar-refractivity contribution in [2.24, 2.45) is 5.16 Å². The maximum atomic E-state index is 14.2. The Bertz CT molecular complexity index is 1490. The number of oxime groups is 1. The molecule has 3 aliphatic rings. The normalized spacial score (nSPS) is 24.9. The number of esters is 1. The fourth-order valence-corrected chi connectivity index (χ4v) is 6.82. The molecule has 0 aliphatic carbocycles. The van der Waals surface area contributed by atoms with E-state index in [9.17, 15) is 23.3 Å². The Morgan fingerprint density at radius 2 is 1.93 bits per heavy atom. The molecular weight excluding hydrogens is 546 g/mol. The summed E-state index contributed by atoms with van der Waals surface area (Å²) in [7, 11) is -2.89. The molecule has 3 aliphatic heterocycles. The Hall–Kier alpha value is -3.75. The van der Waals surface area contributed by atoms with Crippen molar-refractivity contribution in [2.45, 2.75) is 62.6 Å². The molecule has 0 N–H and O–H groups in total. The third-order valence-electron chi connectivity index (χ3n) is 6.93. The van der Waals surface area contributed by atoms with E-state index in [1.54, 1.807) is 39.8 Å². The molecule has 0 unspecified atom stereocenters.